The number of para-hydroxylation sites is 1. The van der Waals surface area contributed by atoms with E-state index in [1.807, 2.05) is 75.4 Å². The first kappa shape index (κ1) is 22.9. The molecule has 1 amide bonds. The zero-order chi connectivity index (χ0) is 24.0. The van der Waals surface area contributed by atoms with Crippen LogP contribution >= 0.6 is 0 Å². The number of hydrogen-bond donors (Lipinski definition) is 2. The highest BCUT2D eigenvalue weighted by Crippen LogP contribution is 2.25. The molecular formula is C25H26N6O3. The first-order valence-electron chi connectivity index (χ1n) is 10.9. The van der Waals surface area contributed by atoms with Gasteiger partial charge in [-0.2, -0.15) is 0 Å². The number of ether oxygens (including phenoxy) is 1. The van der Waals surface area contributed by atoms with Crippen molar-refractivity contribution < 1.29 is 13.9 Å². The number of hydrogen-bond acceptors (Lipinski definition) is 8. The Morgan fingerprint density at radius 1 is 0.971 bits per heavy atom. The smallest absolute Gasteiger partial charge is 0.413 e. The van der Waals surface area contributed by atoms with Crippen molar-refractivity contribution in [3.8, 4) is 11.5 Å². The van der Waals surface area contributed by atoms with Crippen molar-refractivity contribution >= 4 is 23.6 Å². The van der Waals surface area contributed by atoms with Gasteiger partial charge in [0.1, 0.15) is 11.4 Å². The van der Waals surface area contributed by atoms with Crippen LogP contribution in [-0.2, 0) is 17.6 Å². The fraction of sp³-hybridized carbons (Fsp3) is 0.240. The minimum atomic E-state index is -0.581. The molecule has 3 heterocycles. The van der Waals surface area contributed by atoms with E-state index in [2.05, 4.69) is 30.8 Å². The van der Waals surface area contributed by atoms with Gasteiger partial charge in [-0.15, -0.1) is 5.10 Å². The van der Waals surface area contributed by atoms with Crippen molar-refractivity contribution in [1.82, 2.24) is 20.2 Å². The van der Waals surface area contributed by atoms with E-state index >= 15 is 0 Å². The Kier molecular flexibility index (Phi) is 6.82. The average molecular weight is 459 g/mol. The lowest BCUT2D eigenvalue weighted by Gasteiger charge is -2.19. The SMILES string of the molecule is CC(C)(C)OC(=O)Nc1cc(CCc2ncccc2-c2nnc(Nc3ccccc3)o2)ccn1. The number of carbonyl (C=O) groups is 1. The Balaban J connectivity index is 1.43. The summed E-state index contributed by atoms with van der Waals surface area (Å²) in [5.74, 6) is 0.824. The van der Waals surface area contributed by atoms with Crippen molar-refractivity contribution in [2.75, 3.05) is 10.6 Å². The minimum absolute atomic E-state index is 0.308. The highest BCUT2D eigenvalue weighted by Gasteiger charge is 2.17. The van der Waals surface area contributed by atoms with E-state index in [0.717, 1.165) is 22.5 Å². The average Bonchev–Trinajstić information content (AvgIpc) is 3.26. The lowest BCUT2D eigenvalue weighted by molar-refractivity contribution is 0.0635. The second-order valence-electron chi connectivity index (χ2n) is 8.58. The molecule has 0 aliphatic carbocycles. The quantitative estimate of drug-likeness (QED) is 0.378. The molecular weight excluding hydrogens is 432 g/mol. The van der Waals surface area contributed by atoms with E-state index in [4.69, 9.17) is 9.15 Å². The van der Waals surface area contributed by atoms with Gasteiger partial charge in [0.2, 0.25) is 0 Å². The highest BCUT2D eigenvalue weighted by atomic mass is 16.6. The molecule has 0 atom stereocenters. The summed E-state index contributed by atoms with van der Waals surface area (Å²) in [5.41, 5.74) is 2.88. The van der Waals surface area contributed by atoms with Gasteiger partial charge in [-0.05, 0) is 75.6 Å². The number of nitrogens with zero attached hydrogens (tertiary/aromatic N) is 4. The van der Waals surface area contributed by atoms with Crippen LogP contribution in [0, 0.1) is 0 Å². The van der Waals surface area contributed by atoms with Gasteiger partial charge in [-0.3, -0.25) is 10.3 Å². The van der Waals surface area contributed by atoms with Gasteiger partial charge < -0.3 is 14.5 Å². The number of benzene rings is 1. The molecule has 0 radical (unpaired) electrons. The van der Waals surface area contributed by atoms with Gasteiger partial charge in [0.15, 0.2) is 0 Å². The summed E-state index contributed by atoms with van der Waals surface area (Å²) in [4.78, 5) is 20.7. The molecule has 0 saturated heterocycles. The monoisotopic (exact) mass is 458 g/mol. The predicted molar refractivity (Wildman–Crippen MR) is 129 cm³/mol. The molecule has 1 aromatic carbocycles. The van der Waals surface area contributed by atoms with Crippen LogP contribution in [-0.4, -0.2) is 31.9 Å². The van der Waals surface area contributed by atoms with Gasteiger partial charge in [0.05, 0.1) is 11.3 Å². The second kappa shape index (κ2) is 10.1. The van der Waals surface area contributed by atoms with Crippen LogP contribution in [0.5, 0.6) is 0 Å². The fourth-order valence-electron chi connectivity index (χ4n) is 3.23. The van der Waals surface area contributed by atoms with E-state index in [1.165, 1.54) is 0 Å². The molecule has 0 fully saturated rings. The van der Waals surface area contributed by atoms with E-state index < -0.39 is 11.7 Å². The summed E-state index contributed by atoms with van der Waals surface area (Å²) in [6.07, 6.45) is 4.16. The number of nitrogens with one attached hydrogen (secondary N) is 2. The van der Waals surface area contributed by atoms with E-state index in [-0.39, 0.29) is 0 Å². The van der Waals surface area contributed by atoms with Gasteiger partial charge in [-0.1, -0.05) is 23.3 Å². The lowest BCUT2D eigenvalue weighted by Crippen LogP contribution is -2.27. The van der Waals surface area contributed by atoms with Crippen molar-refractivity contribution in [2.24, 2.45) is 0 Å². The van der Waals surface area contributed by atoms with E-state index in [1.54, 1.807) is 12.4 Å². The molecule has 9 nitrogen and oxygen atoms in total. The molecule has 0 aliphatic heterocycles. The maximum absolute atomic E-state index is 12.0. The van der Waals surface area contributed by atoms with Crippen molar-refractivity contribution in [2.45, 2.75) is 39.2 Å². The van der Waals surface area contributed by atoms with Gasteiger partial charge in [0.25, 0.3) is 5.89 Å². The molecule has 9 heteroatoms. The second-order valence-corrected chi connectivity index (χ2v) is 8.58. The third kappa shape index (κ3) is 6.38. The number of rotatable bonds is 7. The number of pyridine rings is 2. The van der Waals surface area contributed by atoms with Crippen LogP contribution in [0.2, 0.25) is 0 Å². The van der Waals surface area contributed by atoms with Gasteiger partial charge in [-0.25, -0.2) is 9.78 Å². The Morgan fingerprint density at radius 3 is 2.59 bits per heavy atom. The van der Waals surface area contributed by atoms with Crippen LogP contribution in [0.15, 0.2) is 71.4 Å². The summed E-state index contributed by atoms with van der Waals surface area (Å²) in [6, 6.07) is 17.4. The summed E-state index contributed by atoms with van der Waals surface area (Å²) in [5, 5.41) is 14.0. The molecule has 0 saturated carbocycles. The van der Waals surface area contributed by atoms with Crippen LogP contribution < -0.4 is 10.6 Å². The van der Waals surface area contributed by atoms with E-state index in [0.29, 0.717) is 30.6 Å². The number of carbonyl (C=O) groups excluding carboxylic acids is 1. The Labute approximate surface area is 197 Å². The van der Waals surface area contributed by atoms with Crippen molar-refractivity contribution in [3.05, 3.63) is 78.2 Å². The maximum Gasteiger partial charge on any atom is 0.413 e. The van der Waals surface area contributed by atoms with Crippen LogP contribution in [0.3, 0.4) is 0 Å². The fourth-order valence-corrected chi connectivity index (χ4v) is 3.23. The van der Waals surface area contributed by atoms with Crippen LogP contribution in [0.25, 0.3) is 11.5 Å². The molecule has 34 heavy (non-hydrogen) atoms. The summed E-state index contributed by atoms with van der Waals surface area (Å²) in [7, 11) is 0. The van der Waals surface area contributed by atoms with Gasteiger partial charge in [0, 0.05) is 18.1 Å². The normalized spacial score (nSPS) is 11.1. The zero-order valence-electron chi connectivity index (χ0n) is 19.3. The van der Waals surface area contributed by atoms with Crippen molar-refractivity contribution in [1.29, 1.82) is 0 Å². The first-order chi connectivity index (χ1) is 16.4. The highest BCUT2D eigenvalue weighted by molar-refractivity contribution is 5.83. The van der Waals surface area contributed by atoms with E-state index in [9.17, 15) is 4.79 Å². The summed E-state index contributed by atoms with van der Waals surface area (Å²) >= 11 is 0. The lowest BCUT2D eigenvalue weighted by atomic mass is 10.1. The summed E-state index contributed by atoms with van der Waals surface area (Å²) in [6.45, 7) is 5.43. The first-order valence-corrected chi connectivity index (χ1v) is 10.9. The molecule has 0 aliphatic rings. The summed E-state index contributed by atoms with van der Waals surface area (Å²) < 4.78 is 11.1. The Morgan fingerprint density at radius 2 is 1.79 bits per heavy atom. The molecule has 174 valence electrons. The number of anilines is 3. The third-order valence-electron chi connectivity index (χ3n) is 4.67. The number of aromatic nitrogens is 4. The van der Waals surface area contributed by atoms with Gasteiger partial charge >= 0.3 is 12.1 Å². The predicted octanol–water partition coefficient (Wildman–Crippen LogP) is 5.40. The molecule has 3 aromatic heterocycles. The third-order valence-corrected chi connectivity index (χ3v) is 4.67. The van der Waals surface area contributed by atoms with Crippen LogP contribution in [0.4, 0.5) is 22.3 Å². The Bertz CT molecular complexity index is 1250. The molecule has 2 N–H and O–H groups in total. The maximum atomic E-state index is 12.0. The molecule has 4 aromatic rings. The number of amides is 1. The van der Waals surface area contributed by atoms with Crippen LogP contribution in [0.1, 0.15) is 32.0 Å². The standard InChI is InChI=1S/C25H26N6O3/c1-25(2,3)34-24(32)29-21-16-17(13-15-27-21)11-12-20-19(10-7-14-26-20)22-30-31-23(33-22)28-18-8-5-4-6-9-18/h4-10,13-16H,11-12H2,1-3H3,(H,28,31)(H,27,29,32). The minimum Gasteiger partial charge on any atom is -0.444 e. The van der Waals surface area contributed by atoms with Crippen molar-refractivity contribution in [3.63, 3.8) is 0 Å². The number of aryl methyl sites for hydroxylation is 2. The Hall–Kier alpha value is -4.27. The molecule has 4 rings (SSSR count). The topological polar surface area (TPSA) is 115 Å². The zero-order valence-corrected chi connectivity index (χ0v) is 19.3. The molecule has 0 spiro atoms. The molecule has 0 bridgehead atoms. The largest absolute Gasteiger partial charge is 0.444 e. The molecule has 0 unspecified atom stereocenters.